The van der Waals surface area contributed by atoms with Crippen LogP contribution in [0.1, 0.15) is 31.4 Å². The van der Waals surface area contributed by atoms with Crippen LogP contribution in [0.3, 0.4) is 0 Å². The Hall–Kier alpha value is -1.51. The molecular formula is C13H21N3O4S. The molecule has 0 aliphatic heterocycles. The standard InChI is InChI=1S/C13H21N3O4S/c1-3-5-13(15-8-9-21(19,20)14-2)11-6-4-7-12(10-11)16(17)18/h4,6-7,10,13-15H,3,5,8-9H2,1-2H3. The number of nitro benzene ring substituents is 1. The van der Waals surface area contributed by atoms with Gasteiger partial charge in [0.25, 0.3) is 5.69 Å². The second-order valence-corrected chi connectivity index (χ2v) is 6.72. The van der Waals surface area contributed by atoms with E-state index in [-0.39, 0.29) is 24.0 Å². The maximum absolute atomic E-state index is 11.4. The van der Waals surface area contributed by atoms with Gasteiger partial charge in [0.15, 0.2) is 0 Å². The van der Waals surface area contributed by atoms with E-state index < -0.39 is 14.9 Å². The van der Waals surface area contributed by atoms with Crippen molar-refractivity contribution >= 4 is 15.7 Å². The average molecular weight is 315 g/mol. The highest BCUT2D eigenvalue weighted by atomic mass is 32.2. The molecule has 118 valence electrons. The molecule has 0 aromatic heterocycles. The Labute approximate surface area is 124 Å². The molecule has 1 atom stereocenters. The smallest absolute Gasteiger partial charge is 0.269 e. The lowest BCUT2D eigenvalue weighted by Gasteiger charge is -2.18. The van der Waals surface area contributed by atoms with E-state index in [1.165, 1.54) is 19.2 Å². The number of non-ortho nitro benzene ring substituents is 1. The molecular weight excluding hydrogens is 294 g/mol. The van der Waals surface area contributed by atoms with E-state index in [2.05, 4.69) is 10.0 Å². The first-order valence-electron chi connectivity index (χ1n) is 6.78. The summed E-state index contributed by atoms with van der Waals surface area (Å²) in [6, 6.07) is 6.33. The fraction of sp³-hybridized carbons (Fsp3) is 0.538. The Morgan fingerprint density at radius 2 is 2.10 bits per heavy atom. The number of hydrogen-bond acceptors (Lipinski definition) is 5. The molecule has 1 aromatic carbocycles. The monoisotopic (exact) mass is 315 g/mol. The first-order chi connectivity index (χ1) is 9.89. The predicted octanol–water partition coefficient (Wildman–Crippen LogP) is 1.57. The summed E-state index contributed by atoms with van der Waals surface area (Å²) in [7, 11) is -1.88. The fourth-order valence-corrected chi connectivity index (χ4v) is 2.59. The van der Waals surface area contributed by atoms with Crippen molar-refractivity contribution in [2.24, 2.45) is 0 Å². The van der Waals surface area contributed by atoms with Gasteiger partial charge in [-0.15, -0.1) is 0 Å². The average Bonchev–Trinajstić information content (AvgIpc) is 2.46. The number of hydrogen-bond donors (Lipinski definition) is 2. The lowest BCUT2D eigenvalue weighted by Crippen LogP contribution is -2.31. The van der Waals surface area contributed by atoms with Gasteiger partial charge in [-0.3, -0.25) is 10.1 Å². The number of nitrogens with one attached hydrogen (secondary N) is 2. The van der Waals surface area contributed by atoms with E-state index in [0.29, 0.717) is 0 Å². The molecule has 0 radical (unpaired) electrons. The van der Waals surface area contributed by atoms with Crippen LogP contribution < -0.4 is 10.0 Å². The van der Waals surface area contributed by atoms with E-state index in [1.54, 1.807) is 6.07 Å². The van der Waals surface area contributed by atoms with Crippen molar-refractivity contribution in [1.29, 1.82) is 0 Å². The van der Waals surface area contributed by atoms with Gasteiger partial charge in [-0.1, -0.05) is 25.5 Å². The number of rotatable bonds is 9. The lowest BCUT2D eigenvalue weighted by atomic mass is 10.0. The third kappa shape index (κ3) is 5.78. The Balaban J connectivity index is 2.77. The molecule has 8 heteroatoms. The largest absolute Gasteiger partial charge is 0.309 e. The van der Waals surface area contributed by atoms with Gasteiger partial charge < -0.3 is 5.32 Å². The molecule has 0 spiro atoms. The van der Waals surface area contributed by atoms with E-state index in [4.69, 9.17) is 0 Å². The van der Waals surface area contributed by atoms with Crippen molar-refractivity contribution < 1.29 is 13.3 Å². The Morgan fingerprint density at radius 1 is 1.38 bits per heavy atom. The van der Waals surface area contributed by atoms with E-state index in [0.717, 1.165) is 18.4 Å². The van der Waals surface area contributed by atoms with Gasteiger partial charge in [0.1, 0.15) is 0 Å². The zero-order chi connectivity index (χ0) is 15.9. The summed E-state index contributed by atoms with van der Waals surface area (Å²) < 4.78 is 25.0. The van der Waals surface area contributed by atoms with E-state index in [9.17, 15) is 18.5 Å². The van der Waals surface area contributed by atoms with Gasteiger partial charge in [0, 0.05) is 24.7 Å². The predicted molar refractivity (Wildman–Crippen MR) is 81.6 cm³/mol. The Bertz CT molecular complexity index is 575. The molecule has 0 aliphatic carbocycles. The SMILES string of the molecule is CCCC(NCCS(=O)(=O)NC)c1cccc([N+](=O)[O-])c1. The third-order valence-corrected chi connectivity index (χ3v) is 4.50. The number of sulfonamides is 1. The maximum Gasteiger partial charge on any atom is 0.269 e. The molecule has 7 nitrogen and oxygen atoms in total. The minimum atomic E-state index is -3.25. The molecule has 0 saturated carbocycles. The normalized spacial score (nSPS) is 13.0. The summed E-state index contributed by atoms with van der Waals surface area (Å²) in [6.45, 7) is 2.30. The first-order valence-corrected chi connectivity index (χ1v) is 8.43. The summed E-state index contributed by atoms with van der Waals surface area (Å²) in [5, 5.41) is 14.0. The number of nitrogens with zero attached hydrogens (tertiary/aromatic N) is 1. The summed E-state index contributed by atoms with van der Waals surface area (Å²) in [5.41, 5.74) is 0.839. The highest BCUT2D eigenvalue weighted by Gasteiger charge is 2.15. The van der Waals surface area contributed by atoms with Gasteiger partial charge in [-0.05, 0) is 19.0 Å². The molecule has 1 aromatic rings. The molecule has 1 rings (SSSR count). The van der Waals surface area contributed by atoms with E-state index >= 15 is 0 Å². The molecule has 0 saturated heterocycles. The van der Waals surface area contributed by atoms with Crippen molar-refractivity contribution in [3.05, 3.63) is 39.9 Å². The van der Waals surface area contributed by atoms with Crippen LogP contribution in [-0.4, -0.2) is 32.7 Å². The van der Waals surface area contributed by atoms with Crippen molar-refractivity contribution in [3.8, 4) is 0 Å². The van der Waals surface area contributed by atoms with Gasteiger partial charge in [0.2, 0.25) is 10.0 Å². The number of benzene rings is 1. The zero-order valence-electron chi connectivity index (χ0n) is 12.2. The minimum absolute atomic E-state index is 0.0291. The molecule has 0 bridgehead atoms. The topological polar surface area (TPSA) is 101 Å². The molecule has 21 heavy (non-hydrogen) atoms. The van der Waals surface area contributed by atoms with Gasteiger partial charge in [-0.25, -0.2) is 13.1 Å². The van der Waals surface area contributed by atoms with Crippen LogP contribution in [0.15, 0.2) is 24.3 Å². The highest BCUT2D eigenvalue weighted by Crippen LogP contribution is 2.22. The molecule has 0 fully saturated rings. The second kappa shape index (κ2) is 8.06. The molecule has 1 unspecified atom stereocenters. The van der Waals surface area contributed by atoms with Crippen molar-refractivity contribution in [3.63, 3.8) is 0 Å². The van der Waals surface area contributed by atoms with E-state index in [1.807, 2.05) is 13.0 Å². The first kappa shape index (κ1) is 17.5. The second-order valence-electron chi connectivity index (χ2n) is 4.67. The molecule has 0 heterocycles. The van der Waals surface area contributed by atoms with Crippen LogP contribution in [0, 0.1) is 10.1 Å². The maximum atomic E-state index is 11.4. The van der Waals surface area contributed by atoms with Crippen LogP contribution in [0.25, 0.3) is 0 Å². The Morgan fingerprint density at radius 3 is 2.67 bits per heavy atom. The van der Waals surface area contributed by atoms with Crippen LogP contribution >= 0.6 is 0 Å². The fourth-order valence-electron chi connectivity index (χ4n) is 2.00. The van der Waals surface area contributed by atoms with Crippen LogP contribution in [-0.2, 0) is 10.0 Å². The van der Waals surface area contributed by atoms with Crippen molar-refractivity contribution in [2.45, 2.75) is 25.8 Å². The molecule has 0 amide bonds. The van der Waals surface area contributed by atoms with Gasteiger partial charge in [0.05, 0.1) is 10.7 Å². The zero-order valence-corrected chi connectivity index (χ0v) is 13.0. The van der Waals surface area contributed by atoms with Gasteiger partial charge in [-0.2, -0.15) is 0 Å². The Kier molecular flexibility index (Phi) is 6.73. The summed E-state index contributed by atoms with van der Waals surface area (Å²) in [4.78, 5) is 10.4. The van der Waals surface area contributed by atoms with Crippen LogP contribution in [0.4, 0.5) is 5.69 Å². The highest BCUT2D eigenvalue weighted by molar-refractivity contribution is 7.89. The van der Waals surface area contributed by atoms with Gasteiger partial charge >= 0.3 is 0 Å². The van der Waals surface area contributed by atoms with Crippen LogP contribution in [0.5, 0.6) is 0 Å². The minimum Gasteiger partial charge on any atom is -0.309 e. The quantitative estimate of drug-likeness (QED) is 0.532. The molecule has 2 N–H and O–H groups in total. The number of nitro groups is 1. The summed E-state index contributed by atoms with van der Waals surface area (Å²) >= 11 is 0. The van der Waals surface area contributed by atoms with Crippen LogP contribution in [0.2, 0.25) is 0 Å². The van der Waals surface area contributed by atoms with Crippen molar-refractivity contribution in [1.82, 2.24) is 10.0 Å². The summed E-state index contributed by atoms with van der Waals surface area (Å²) in [6.07, 6.45) is 1.67. The molecule has 0 aliphatic rings. The summed E-state index contributed by atoms with van der Waals surface area (Å²) in [5.74, 6) is -0.0291. The third-order valence-electron chi connectivity index (χ3n) is 3.13. The lowest BCUT2D eigenvalue weighted by molar-refractivity contribution is -0.384. The van der Waals surface area contributed by atoms with Crippen molar-refractivity contribution in [2.75, 3.05) is 19.3 Å².